The Hall–Kier alpha value is -3.33. The molecule has 1 aromatic heterocycles. The van der Waals surface area contributed by atoms with Crippen molar-refractivity contribution in [3.05, 3.63) is 59.2 Å². The second-order valence-corrected chi connectivity index (χ2v) is 10.0. The topological polar surface area (TPSA) is 116 Å². The van der Waals surface area contributed by atoms with Crippen LogP contribution in [-0.4, -0.2) is 75.4 Å². The second-order valence-electron chi connectivity index (χ2n) is 10.0. The summed E-state index contributed by atoms with van der Waals surface area (Å²) in [4.78, 5) is 46.9. The maximum Gasteiger partial charge on any atom is 0.405 e. The van der Waals surface area contributed by atoms with Crippen molar-refractivity contribution < 1.29 is 19.5 Å². The van der Waals surface area contributed by atoms with E-state index in [1.807, 2.05) is 49.1 Å². The first-order valence-corrected chi connectivity index (χ1v) is 12.7. The van der Waals surface area contributed by atoms with Gasteiger partial charge in [0, 0.05) is 45.6 Å². The Morgan fingerprint density at radius 3 is 2.11 bits per heavy atom. The third kappa shape index (κ3) is 6.26. The molecule has 2 N–H and O–H groups in total. The molecule has 3 atom stereocenters. The summed E-state index contributed by atoms with van der Waals surface area (Å²) >= 11 is 0. The fourth-order valence-electron chi connectivity index (χ4n) is 5.29. The van der Waals surface area contributed by atoms with Crippen LogP contribution in [0.1, 0.15) is 59.0 Å². The van der Waals surface area contributed by atoms with Crippen LogP contribution in [0.4, 0.5) is 4.79 Å². The lowest BCUT2D eigenvalue weighted by Gasteiger charge is -2.24. The molecule has 9 nitrogen and oxygen atoms in total. The maximum atomic E-state index is 13.0. The molecule has 9 heteroatoms. The highest BCUT2D eigenvalue weighted by atomic mass is 16.4. The zero-order valence-electron chi connectivity index (χ0n) is 21.0. The van der Waals surface area contributed by atoms with Gasteiger partial charge in [-0.3, -0.25) is 9.59 Å². The maximum absolute atomic E-state index is 13.0. The first-order chi connectivity index (χ1) is 17.3. The van der Waals surface area contributed by atoms with Gasteiger partial charge in [-0.05, 0) is 44.1 Å². The molecular weight excluding hydrogens is 458 g/mol. The van der Waals surface area contributed by atoms with Crippen LogP contribution in [0, 0.1) is 25.7 Å². The average Bonchev–Trinajstić information content (AvgIpc) is 3.40. The molecule has 2 unspecified atom stereocenters. The predicted octanol–water partition coefficient (Wildman–Crippen LogP) is 3.24. The first-order valence-electron chi connectivity index (χ1n) is 12.7. The Morgan fingerprint density at radius 1 is 1.03 bits per heavy atom. The van der Waals surface area contributed by atoms with E-state index in [0.29, 0.717) is 23.2 Å². The van der Waals surface area contributed by atoms with Crippen molar-refractivity contribution in [1.82, 2.24) is 25.1 Å². The van der Waals surface area contributed by atoms with Crippen molar-refractivity contribution in [2.45, 2.75) is 45.6 Å². The van der Waals surface area contributed by atoms with E-state index in [4.69, 9.17) is 0 Å². The summed E-state index contributed by atoms with van der Waals surface area (Å²) in [5.41, 5.74) is 3.07. The summed E-state index contributed by atoms with van der Waals surface area (Å²) in [6.07, 6.45) is 4.05. The fraction of sp³-hybridized carbons (Fsp3) is 0.519. The highest BCUT2D eigenvalue weighted by Crippen LogP contribution is 2.33. The number of aryl methyl sites for hydroxylation is 2. The van der Waals surface area contributed by atoms with E-state index in [9.17, 15) is 19.5 Å². The summed E-state index contributed by atoms with van der Waals surface area (Å²) in [6, 6.07) is 9.49. The number of benzene rings is 1. The van der Waals surface area contributed by atoms with Crippen LogP contribution in [0.5, 0.6) is 0 Å². The van der Waals surface area contributed by atoms with Crippen molar-refractivity contribution in [2.75, 3.05) is 32.7 Å². The fourth-order valence-corrected chi connectivity index (χ4v) is 5.29. The Morgan fingerprint density at radius 2 is 1.61 bits per heavy atom. The summed E-state index contributed by atoms with van der Waals surface area (Å²) < 4.78 is 0. The number of likely N-dealkylation sites (tertiary alicyclic amines) is 2. The molecule has 3 heterocycles. The molecule has 2 saturated heterocycles. The van der Waals surface area contributed by atoms with Crippen LogP contribution < -0.4 is 5.32 Å². The number of carbonyl (C=O) groups excluding carboxylic acids is 2. The highest BCUT2D eigenvalue weighted by molar-refractivity contribution is 5.96. The number of carbonyl (C=O) groups is 3. The molecule has 0 bridgehead atoms. The molecule has 36 heavy (non-hydrogen) atoms. The molecule has 3 fully saturated rings. The van der Waals surface area contributed by atoms with Gasteiger partial charge in [-0.15, -0.1) is 0 Å². The van der Waals surface area contributed by atoms with Crippen molar-refractivity contribution in [3.8, 4) is 0 Å². The molecule has 1 saturated carbocycles. The van der Waals surface area contributed by atoms with Crippen LogP contribution in [0.2, 0.25) is 0 Å². The number of hydrogen-bond donors (Lipinski definition) is 2. The quantitative estimate of drug-likeness (QED) is 0.635. The summed E-state index contributed by atoms with van der Waals surface area (Å²) in [6.45, 7) is 7.92. The number of hydrogen-bond acceptors (Lipinski definition) is 6. The van der Waals surface area contributed by atoms with Gasteiger partial charge in [0.05, 0.1) is 23.0 Å². The molecule has 192 valence electrons. The minimum absolute atomic E-state index is 0.0337. The third-order valence-corrected chi connectivity index (χ3v) is 7.43. The Balaban J connectivity index is 0.000000543. The molecular formula is C27H35N5O4. The van der Waals surface area contributed by atoms with Gasteiger partial charge in [0.15, 0.2) is 0 Å². The van der Waals surface area contributed by atoms with Gasteiger partial charge < -0.3 is 20.2 Å². The van der Waals surface area contributed by atoms with Crippen LogP contribution >= 0.6 is 0 Å². The van der Waals surface area contributed by atoms with Gasteiger partial charge in [0.2, 0.25) is 0 Å². The number of nitrogens with zero attached hydrogens (tertiary/aromatic N) is 4. The Labute approximate surface area is 211 Å². The van der Waals surface area contributed by atoms with E-state index in [2.05, 4.69) is 20.2 Å². The molecule has 1 aliphatic carbocycles. The molecule has 0 radical (unpaired) electrons. The van der Waals surface area contributed by atoms with Crippen molar-refractivity contribution in [2.24, 2.45) is 11.8 Å². The van der Waals surface area contributed by atoms with Crippen LogP contribution in [0.3, 0.4) is 0 Å². The van der Waals surface area contributed by atoms with E-state index < -0.39 is 6.09 Å². The third-order valence-electron chi connectivity index (χ3n) is 7.43. The van der Waals surface area contributed by atoms with Gasteiger partial charge in [-0.1, -0.05) is 30.3 Å². The van der Waals surface area contributed by atoms with Crippen molar-refractivity contribution >= 4 is 17.8 Å². The standard InChI is InChI=1S/C23H29N5O3.C4H6O/c1-15-21(16(2)25-14-24-15)22(29)28-12-18-10-27(11-19(18)13-28)9-8-20(26-23(30)31)17-6-4-3-5-7-17;5-4-2-1-3-4/h3-7,14,18-20,26H,8-13H2,1-2H3,(H,30,31);1-3H2/t18-,19?,20?;/m0./s1. The van der Waals surface area contributed by atoms with E-state index in [-0.39, 0.29) is 11.9 Å². The monoisotopic (exact) mass is 493 g/mol. The molecule has 0 spiro atoms. The zero-order chi connectivity index (χ0) is 25.7. The van der Waals surface area contributed by atoms with Crippen molar-refractivity contribution in [3.63, 3.8) is 0 Å². The molecule has 2 aliphatic heterocycles. The van der Waals surface area contributed by atoms with Gasteiger partial charge in [-0.25, -0.2) is 14.8 Å². The normalized spacial score (nSPS) is 21.7. The Bertz CT molecular complexity index is 1050. The van der Waals surface area contributed by atoms with Gasteiger partial charge >= 0.3 is 6.09 Å². The largest absolute Gasteiger partial charge is 0.465 e. The summed E-state index contributed by atoms with van der Waals surface area (Å²) in [5, 5.41) is 11.9. The number of rotatable bonds is 6. The number of carboxylic acid groups (broad SMARTS) is 1. The minimum Gasteiger partial charge on any atom is -0.465 e. The molecule has 2 aromatic rings. The molecule has 3 aliphatic rings. The van der Waals surface area contributed by atoms with E-state index in [0.717, 1.165) is 75.4 Å². The SMILES string of the molecule is Cc1ncnc(C)c1C(=O)N1CC2CN(CCC(NC(=O)O)c3ccccc3)C[C@H]2C1.O=C1CCC1. The van der Waals surface area contributed by atoms with Gasteiger partial charge in [-0.2, -0.15) is 0 Å². The van der Waals surface area contributed by atoms with E-state index in [1.54, 1.807) is 0 Å². The number of nitrogens with one attached hydrogen (secondary N) is 1. The molecule has 1 aromatic carbocycles. The number of aromatic nitrogens is 2. The van der Waals surface area contributed by atoms with E-state index in [1.165, 1.54) is 6.33 Å². The van der Waals surface area contributed by atoms with Crippen LogP contribution in [0.25, 0.3) is 0 Å². The summed E-state index contributed by atoms with van der Waals surface area (Å²) in [7, 11) is 0. The number of fused-ring (bicyclic) bond motifs is 1. The minimum atomic E-state index is -1.00. The lowest BCUT2D eigenvalue weighted by atomic mass is 9.99. The number of amides is 2. The average molecular weight is 494 g/mol. The summed E-state index contributed by atoms with van der Waals surface area (Å²) in [5.74, 6) is 1.38. The second kappa shape index (κ2) is 11.6. The smallest absolute Gasteiger partial charge is 0.405 e. The number of ketones is 1. The predicted molar refractivity (Wildman–Crippen MR) is 135 cm³/mol. The van der Waals surface area contributed by atoms with Gasteiger partial charge in [0.1, 0.15) is 12.1 Å². The first kappa shape index (κ1) is 25.8. The van der Waals surface area contributed by atoms with Crippen LogP contribution in [0.15, 0.2) is 36.7 Å². The van der Waals surface area contributed by atoms with Crippen molar-refractivity contribution in [1.29, 1.82) is 0 Å². The van der Waals surface area contributed by atoms with Crippen LogP contribution in [-0.2, 0) is 4.79 Å². The molecule has 5 rings (SSSR count). The number of Topliss-reactive ketones (excluding diaryl/α,β-unsaturated/α-hetero) is 1. The van der Waals surface area contributed by atoms with Gasteiger partial charge in [0.25, 0.3) is 5.91 Å². The lowest BCUT2D eigenvalue weighted by molar-refractivity contribution is -0.123. The molecule has 2 amide bonds. The Kier molecular flexibility index (Phi) is 8.30. The lowest BCUT2D eigenvalue weighted by Crippen LogP contribution is -2.35. The van der Waals surface area contributed by atoms with E-state index >= 15 is 0 Å². The highest BCUT2D eigenvalue weighted by Gasteiger charge is 2.42. The zero-order valence-corrected chi connectivity index (χ0v) is 21.0.